The molecule has 0 saturated carbocycles. The van der Waals surface area contributed by atoms with Gasteiger partial charge in [-0.05, 0) is 30.8 Å². The fourth-order valence-electron chi connectivity index (χ4n) is 2.26. The van der Waals surface area contributed by atoms with Crippen molar-refractivity contribution < 1.29 is 0 Å². The Labute approximate surface area is 97.2 Å². The lowest BCUT2D eigenvalue weighted by Crippen LogP contribution is -2.44. The Kier molecular flexibility index (Phi) is 6.51. The van der Waals surface area contributed by atoms with Gasteiger partial charge in [-0.15, -0.1) is 0 Å². The maximum Gasteiger partial charge on any atom is 0.0146 e. The van der Waals surface area contributed by atoms with Crippen LogP contribution in [0.3, 0.4) is 0 Å². The molecule has 0 radical (unpaired) electrons. The molecular formula is C14H31N. The van der Waals surface area contributed by atoms with Crippen LogP contribution in [0.1, 0.15) is 61.3 Å². The summed E-state index contributed by atoms with van der Waals surface area (Å²) < 4.78 is 0. The van der Waals surface area contributed by atoms with Gasteiger partial charge in [0.05, 0.1) is 0 Å². The second-order valence-electron chi connectivity index (χ2n) is 5.85. The molecule has 0 fully saturated rings. The highest BCUT2D eigenvalue weighted by molar-refractivity contribution is 4.83. The average molecular weight is 213 g/mol. The summed E-state index contributed by atoms with van der Waals surface area (Å²) in [6, 6.07) is 0.724. The molecule has 0 rings (SSSR count). The highest BCUT2D eigenvalue weighted by Gasteiger charge is 2.29. The molecule has 0 N–H and O–H groups in total. The summed E-state index contributed by atoms with van der Waals surface area (Å²) in [6.45, 7) is 18.7. The Morgan fingerprint density at radius 2 is 1.47 bits per heavy atom. The van der Waals surface area contributed by atoms with Crippen LogP contribution in [0.25, 0.3) is 0 Å². The van der Waals surface area contributed by atoms with Crippen molar-refractivity contribution in [3.63, 3.8) is 0 Å². The predicted molar refractivity (Wildman–Crippen MR) is 70.2 cm³/mol. The van der Waals surface area contributed by atoms with E-state index in [4.69, 9.17) is 0 Å². The van der Waals surface area contributed by atoms with E-state index in [2.05, 4.69) is 53.4 Å². The molecule has 0 aromatic heterocycles. The van der Waals surface area contributed by atoms with E-state index in [0.717, 1.165) is 12.0 Å². The van der Waals surface area contributed by atoms with Crippen LogP contribution < -0.4 is 0 Å². The van der Waals surface area contributed by atoms with Crippen molar-refractivity contribution in [2.45, 2.75) is 67.3 Å². The Morgan fingerprint density at radius 3 is 1.73 bits per heavy atom. The molecule has 1 nitrogen and oxygen atoms in total. The largest absolute Gasteiger partial charge is 0.300 e. The lowest BCUT2D eigenvalue weighted by Gasteiger charge is -2.40. The van der Waals surface area contributed by atoms with Crippen LogP contribution in [0.4, 0.5) is 0 Å². The molecule has 2 atom stereocenters. The normalized spacial score (nSPS) is 16.8. The van der Waals surface area contributed by atoms with Crippen molar-refractivity contribution in [3.05, 3.63) is 0 Å². The number of hydrogen-bond donors (Lipinski definition) is 0. The fraction of sp³-hybridized carbons (Fsp3) is 1.00. The van der Waals surface area contributed by atoms with Crippen LogP contribution in [-0.4, -0.2) is 24.0 Å². The van der Waals surface area contributed by atoms with Gasteiger partial charge in [0.15, 0.2) is 0 Å². The quantitative estimate of drug-likeness (QED) is 0.640. The van der Waals surface area contributed by atoms with Crippen LogP contribution in [-0.2, 0) is 0 Å². The summed E-state index contributed by atoms with van der Waals surface area (Å²) in [6.07, 6.45) is 2.63. The molecule has 0 aromatic carbocycles. The first-order chi connectivity index (χ1) is 6.86. The third-order valence-electron chi connectivity index (χ3n) is 3.58. The number of hydrogen-bond acceptors (Lipinski definition) is 1. The van der Waals surface area contributed by atoms with Gasteiger partial charge in [0.1, 0.15) is 0 Å². The van der Waals surface area contributed by atoms with E-state index < -0.39 is 0 Å². The van der Waals surface area contributed by atoms with Crippen LogP contribution >= 0.6 is 0 Å². The minimum Gasteiger partial charge on any atom is -0.300 e. The Balaban J connectivity index is 4.57. The van der Waals surface area contributed by atoms with Gasteiger partial charge in [0, 0.05) is 6.04 Å². The standard InChI is InChI=1S/C14H31N/c1-8-12(4)11-13(14(5,6)7)15(9-2)10-3/h12-13H,8-11H2,1-7H3. The minimum atomic E-state index is 0.398. The van der Waals surface area contributed by atoms with E-state index in [-0.39, 0.29) is 0 Å². The molecule has 0 saturated heterocycles. The Bertz CT molecular complexity index is 153. The van der Waals surface area contributed by atoms with E-state index in [1.54, 1.807) is 0 Å². The van der Waals surface area contributed by atoms with Crippen LogP contribution in [0, 0.1) is 11.3 Å². The molecular weight excluding hydrogens is 182 g/mol. The monoisotopic (exact) mass is 213 g/mol. The summed E-state index contributed by atoms with van der Waals surface area (Å²) in [7, 11) is 0. The summed E-state index contributed by atoms with van der Waals surface area (Å²) in [4.78, 5) is 2.62. The topological polar surface area (TPSA) is 3.24 Å². The van der Waals surface area contributed by atoms with Gasteiger partial charge in [-0.1, -0.05) is 54.9 Å². The van der Waals surface area contributed by atoms with Crippen LogP contribution in [0.5, 0.6) is 0 Å². The van der Waals surface area contributed by atoms with Crippen molar-refractivity contribution >= 4 is 0 Å². The average Bonchev–Trinajstić information content (AvgIpc) is 2.16. The van der Waals surface area contributed by atoms with E-state index in [9.17, 15) is 0 Å². The molecule has 0 aliphatic heterocycles. The molecule has 0 bridgehead atoms. The van der Waals surface area contributed by atoms with Gasteiger partial charge >= 0.3 is 0 Å². The second kappa shape index (κ2) is 6.52. The zero-order valence-corrected chi connectivity index (χ0v) is 11.9. The first kappa shape index (κ1) is 15.0. The Morgan fingerprint density at radius 1 is 1.00 bits per heavy atom. The minimum absolute atomic E-state index is 0.398. The molecule has 2 unspecified atom stereocenters. The van der Waals surface area contributed by atoms with E-state index in [1.165, 1.54) is 25.9 Å². The molecule has 15 heavy (non-hydrogen) atoms. The van der Waals surface area contributed by atoms with Gasteiger partial charge in [-0.25, -0.2) is 0 Å². The molecule has 0 heterocycles. The van der Waals surface area contributed by atoms with Crippen LogP contribution in [0.2, 0.25) is 0 Å². The molecule has 0 aliphatic rings. The molecule has 0 aliphatic carbocycles. The van der Waals surface area contributed by atoms with Crippen molar-refractivity contribution in [2.24, 2.45) is 11.3 Å². The molecule has 92 valence electrons. The summed E-state index contributed by atoms with van der Waals surface area (Å²) in [5, 5.41) is 0. The summed E-state index contributed by atoms with van der Waals surface area (Å²) >= 11 is 0. The van der Waals surface area contributed by atoms with Gasteiger partial charge in [0.2, 0.25) is 0 Å². The molecule has 0 aromatic rings. The zero-order valence-electron chi connectivity index (χ0n) is 11.9. The predicted octanol–water partition coefficient (Wildman–Crippen LogP) is 4.18. The van der Waals surface area contributed by atoms with Gasteiger partial charge in [-0.2, -0.15) is 0 Å². The Hall–Kier alpha value is -0.0400. The van der Waals surface area contributed by atoms with Gasteiger partial charge < -0.3 is 4.90 Å². The van der Waals surface area contributed by atoms with Crippen molar-refractivity contribution in [1.29, 1.82) is 0 Å². The van der Waals surface area contributed by atoms with Crippen molar-refractivity contribution in [3.8, 4) is 0 Å². The highest BCUT2D eigenvalue weighted by atomic mass is 15.2. The third kappa shape index (κ3) is 5.01. The second-order valence-corrected chi connectivity index (χ2v) is 5.85. The molecule has 0 spiro atoms. The maximum atomic E-state index is 2.62. The van der Waals surface area contributed by atoms with Crippen LogP contribution in [0.15, 0.2) is 0 Å². The maximum absolute atomic E-state index is 2.62. The van der Waals surface area contributed by atoms with Crippen molar-refractivity contribution in [1.82, 2.24) is 4.90 Å². The van der Waals surface area contributed by atoms with Gasteiger partial charge in [-0.3, -0.25) is 0 Å². The zero-order chi connectivity index (χ0) is 12.1. The first-order valence-corrected chi connectivity index (χ1v) is 6.60. The summed E-state index contributed by atoms with van der Waals surface area (Å²) in [5.41, 5.74) is 0.398. The first-order valence-electron chi connectivity index (χ1n) is 6.60. The fourth-order valence-corrected chi connectivity index (χ4v) is 2.26. The smallest absolute Gasteiger partial charge is 0.0146 e. The molecule has 0 amide bonds. The highest BCUT2D eigenvalue weighted by Crippen LogP contribution is 2.30. The number of nitrogens with zero attached hydrogens (tertiary/aromatic N) is 1. The third-order valence-corrected chi connectivity index (χ3v) is 3.58. The van der Waals surface area contributed by atoms with E-state index in [1.807, 2.05) is 0 Å². The summed E-state index contributed by atoms with van der Waals surface area (Å²) in [5.74, 6) is 0.842. The SMILES string of the molecule is CCC(C)CC(N(CC)CC)C(C)(C)C. The lowest BCUT2D eigenvalue weighted by molar-refractivity contribution is 0.0881. The number of rotatable bonds is 6. The van der Waals surface area contributed by atoms with Crippen molar-refractivity contribution in [2.75, 3.05) is 13.1 Å². The molecule has 1 heteroatoms. The van der Waals surface area contributed by atoms with Gasteiger partial charge in [0.25, 0.3) is 0 Å². The van der Waals surface area contributed by atoms with E-state index >= 15 is 0 Å². The lowest BCUT2D eigenvalue weighted by atomic mass is 9.80. The van der Waals surface area contributed by atoms with E-state index in [0.29, 0.717) is 5.41 Å².